The standard InChI is InChI=1S/C14H17FN2O2/c1-2-19-14(18)4-3-5-17-10-12-6-11(9-16)7-13(15)8-12/h6-8,17H,2-5,10H2,1H3. The Morgan fingerprint density at radius 2 is 2.26 bits per heavy atom. The predicted molar refractivity (Wildman–Crippen MR) is 68.7 cm³/mol. The van der Waals surface area contributed by atoms with Crippen LogP contribution in [0.1, 0.15) is 30.9 Å². The van der Waals surface area contributed by atoms with Gasteiger partial charge in [0.05, 0.1) is 18.2 Å². The summed E-state index contributed by atoms with van der Waals surface area (Å²) in [5.41, 5.74) is 1.02. The van der Waals surface area contributed by atoms with Crippen molar-refractivity contribution in [2.75, 3.05) is 13.2 Å². The van der Waals surface area contributed by atoms with Crippen LogP contribution >= 0.6 is 0 Å². The van der Waals surface area contributed by atoms with Gasteiger partial charge in [-0.15, -0.1) is 0 Å². The number of nitrogens with one attached hydrogen (secondary N) is 1. The van der Waals surface area contributed by atoms with Gasteiger partial charge in [-0.05, 0) is 43.7 Å². The molecule has 0 aromatic heterocycles. The van der Waals surface area contributed by atoms with E-state index in [-0.39, 0.29) is 5.97 Å². The Balaban J connectivity index is 2.28. The second-order valence-electron chi connectivity index (χ2n) is 4.05. The number of esters is 1. The van der Waals surface area contributed by atoms with Crippen LogP contribution in [0.15, 0.2) is 18.2 Å². The van der Waals surface area contributed by atoms with Gasteiger partial charge in [-0.3, -0.25) is 4.79 Å². The molecule has 0 fully saturated rings. The molecule has 19 heavy (non-hydrogen) atoms. The lowest BCUT2D eigenvalue weighted by Crippen LogP contribution is -2.16. The fraction of sp³-hybridized carbons (Fsp3) is 0.429. The van der Waals surface area contributed by atoms with Crippen molar-refractivity contribution in [1.29, 1.82) is 5.26 Å². The summed E-state index contributed by atoms with van der Waals surface area (Å²) in [7, 11) is 0. The summed E-state index contributed by atoms with van der Waals surface area (Å²) in [6.07, 6.45) is 1.03. The Hall–Kier alpha value is -1.93. The number of halogens is 1. The molecule has 0 unspecified atom stereocenters. The van der Waals surface area contributed by atoms with Crippen molar-refractivity contribution >= 4 is 5.97 Å². The first kappa shape index (κ1) is 15.1. The van der Waals surface area contributed by atoms with Crippen molar-refractivity contribution in [3.05, 3.63) is 35.1 Å². The number of hydrogen-bond donors (Lipinski definition) is 1. The van der Waals surface area contributed by atoms with Gasteiger partial charge in [0.25, 0.3) is 0 Å². The average Bonchev–Trinajstić information content (AvgIpc) is 2.38. The van der Waals surface area contributed by atoms with Gasteiger partial charge in [-0.25, -0.2) is 4.39 Å². The minimum atomic E-state index is -0.414. The number of rotatable bonds is 7. The highest BCUT2D eigenvalue weighted by Gasteiger charge is 2.02. The summed E-state index contributed by atoms with van der Waals surface area (Å²) in [6, 6.07) is 6.14. The van der Waals surface area contributed by atoms with E-state index in [2.05, 4.69) is 5.32 Å². The quantitative estimate of drug-likeness (QED) is 0.605. The zero-order chi connectivity index (χ0) is 14.1. The third kappa shape index (κ3) is 5.98. The van der Waals surface area contributed by atoms with E-state index < -0.39 is 5.82 Å². The number of hydrogen-bond acceptors (Lipinski definition) is 4. The maximum atomic E-state index is 13.1. The molecule has 5 heteroatoms. The van der Waals surface area contributed by atoms with E-state index >= 15 is 0 Å². The summed E-state index contributed by atoms with van der Waals surface area (Å²) in [4.78, 5) is 11.1. The van der Waals surface area contributed by atoms with Crippen LogP contribution in [-0.4, -0.2) is 19.1 Å². The Labute approximate surface area is 112 Å². The van der Waals surface area contributed by atoms with E-state index in [0.29, 0.717) is 43.7 Å². The molecule has 0 radical (unpaired) electrons. The van der Waals surface area contributed by atoms with Gasteiger partial charge in [0.2, 0.25) is 0 Å². The summed E-state index contributed by atoms with van der Waals surface area (Å²) in [6.45, 7) is 3.27. The third-order valence-corrected chi connectivity index (χ3v) is 2.46. The van der Waals surface area contributed by atoms with Crippen molar-refractivity contribution in [1.82, 2.24) is 5.32 Å². The number of benzene rings is 1. The first-order chi connectivity index (χ1) is 9.15. The molecular weight excluding hydrogens is 247 g/mol. The van der Waals surface area contributed by atoms with Crippen LogP contribution in [-0.2, 0) is 16.1 Å². The summed E-state index contributed by atoms with van der Waals surface area (Å²) >= 11 is 0. The fourth-order valence-corrected chi connectivity index (χ4v) is 1.64. The number of carbonyl (C=O) groups is 1. The molecule has 0 amide bonds. The average molecular weight is 264 g/mol. The van der Waals surface area contributed by atoms with Crippen LogP contribution < -0.4 is 5.32 Å². The fourth-order valence-electron chi connectivity index (χ4n) is 1.64. The highest BCUT2D eigenvalue weighted by atomic mass is 19.1. The normalized spacial score (nSPS) is 9.95. The van der Waals surface area contributed by atoms with Gasteiger partial charge >= 0.3 is 5.97 Å². The number of carbonyl (C=O) groups excluding carboxylic acids is 1. The molecule has 0 aliphatic heterocycles. The molecule has 1 aromatic rings. The van der Waals surface area contributed by atoms with Crippen LogP contribution in [0.2, 0.25) is 0 Å². The largest absolute Gasteiger partial charge is 0.466 e. The molecule has 0 saturated heterocycles. The Bertz CT molecular complexity index is 469. The molecule has 0 bridgehead atoms. The van der Waals surface area contributed by atoms with Crippen LogP contribution in [0, 0.1) is 17.1 Å². The lowest BCUT2D eigenvalue weighted by Gasteiger charge is -2.05. The summed E-state index contributed by atoms with van der Waals surface area (Å²) in [5.74, 6) is -0.621. The van der Waals surface area contributed by atoms with E-state index in [1.165, 1.54) is 12.1 Å². The topological polar surface area (TPSA) is 62.1 Å². The van der Waals surface area contributed by atoms with E-state index in [1.807, 2.05) is 6.07 Å². The predicted octanol–water partition coefficient (Wildman–Crippen LogP) is 2.13. The summed E-state index contributed by atoms with van der Waals surface area (Å²) in [5, 5.41) is 11.8. The first-order valence-electron chi connectivity index (χ1n) is 6.21. The highest BCUT2D eigenvalue weighted by Crippen LogP contribution is 2.08. The molecule has 0 saturated carbocycles. The monoisotopic (exact) mass is 264 g/mol. The molecule has 0 atom stereocenters. The van der Waals surface area contributed by atoms with Gasteiger partial charge in [-0.1, -0.05) is 0 Å². The first-order valence-corrected chi connectivity index (χ1v) is 6.21. The molecule has 0 aliphatic rings. The molecule has 4 nitrogen and oxygen atoms in total. The maximum Gasteiger partial charge on any atom is 0.305 e. The Kier molecular flexibility index (Phi) is 6.55. The van der Waals surface area contributed by atoms with Crippen molar-refractivity contribution in [3.63, 3.8) is 0 Å². The van der Waals surface area contributed by atoms with E-state index in [0.717, 1.165) is 0 Å². The zero-order valence-corrected chi connectivity index (χ0v) is 10.9. The van der Waals surface area contributed by atoms with Crippen molar-refractivity contribution < 1.29 is 13.9 Å². The molecule has 1 N–H and O–H groups in total. The van der Waals surface area contributed by atoms with E-state index in [4.69, 9.17) is 10.00 Å². The number of ether oxygens (including phenoxy) is 1. The minimum Gasteiger partial charge on any atom is -0.466 e. The second-order valence-corrected chi connectivity index (χ2v) is 4.05. The molecule has 102 valence electrons. The lowest BCUT2D eigenvalue weighted by molar-refractivity contribution is -0.143. The van der Waals surface area contributed by atoms with Crippen molar-refractivity contribution in [2.24, 2.45) is 0 Å². The molecule has 0 aliphatic carbocycles. The third-order valence-electron chi connectivity index (χ3n) is 2.46. The Morgan fingerprint density at radius 3 is 2.95 bits per heavy atom. The van der Waals surface area contributed by atoms with E-state index in [1.54, 1.807) is 13.0 Å². The zero-order valence-electron chi connectivity index (χ0n) is 10.9. The second kappa shape index (κ2) is 8.22. The molecule has 1 aromatic carbocycles. The lowest BCUT2D eigenvalue weighted by atomic mass is 10.1. The molecule has 0 heterocycles. The van der Waals surface area contributed by atoms with Gasteiger partial charge in [0.1, 0.15) is 5.82 Å². The molecule has 1 rings (SSSR count). The van der Waals surface area contributed by atoms with Crippen molar-refractivity contribution in [3.8, 4) is 6.07 Å². The van der Waals surface area contributed by atoms with Gasteiger partial charge in [0.15, 0.2) is 0 Å². The van der Waals surface area contributed by atoms with Crippen LogP contribution in [0.5, 0.6) is 0 Å². The number of nitriles is 1. The maximum absolute atomic E-state index is 13.1. The van der Waals surface area contributed by atoms with Gasteiger partial charge in [0, 0.05) is 13.0 Å². The molecular formula is C14H17FN2O2. The Morgan fingerprint density at radius 1 is 1.47 bits per heavy atom. The van der Waals surface area contributed by atoms with Crippen LogP contribution in [0.3, 0.4) is 0 Å². The SMILES string of the molecule is CCOC(=O)CCCNCc1cc(F)cc(C#N)c1. The van der Waals surface area contributed by atoms with Crippen LogP contribution in [0.4, 0.5) is 4.39 Å². The van der Waals surface area contributed by atoms with Gasteiger partial charge < -0.3 is 10.1 Å². The number of nitrogens with zero attached hydrogens (tertiary/aromatic N) is 1. The highest BCUT2D eigenvalue weighted by molar-refractivity contribution is 5.69. The smallest absolute Gasteiger partial charge is 0.305 e. The van der Waals surface area contributed by atoms with E-state index in [9.17, 15) is 9.18 Å². The van der Waals surface area contributed by atoms with Gasteiger partial charge in [-0.2, -0.15) is 5.26 Å². The minimum absolute atomic E-state index is 0.207. The summed E-state index contributed by atoms with van der Waals surface area (Å²) < 4.78 is 17.9. The molecule has 0 spiro atoms. The van der Waals surface area contributed by atoms with Crippen molar-refractivity contribution in [2.45, 2.75) is 26.3 Å². The van der Waals surface area contributed by atoms with Crippen LogP contribution in [0.25, 0.3) is 0 Å².